The number of esters is 1. The Balaban J connectivity index is 1.70. The van der Waals surface area contributed by atoms with E-state index in [1.807, 2.05) is 26.0 Å². The first-order valence-corrected chi connectivity index (χ1v) is 10.2. The molecule has 0 atom stereocenters. The zero-order valence-electron chi connectivity index (χ0n) is 14.1. The molecule has 9 heteroatoms. The van der Waals surface area contributed by atoms with Crippen molar-refractivity contribution in [1.82, 2.24) is 10.9 Å². The molecule has 1 aromatic carbocycles. The number of hydrazine groups is 1. The van der Waals surface area contributed by atoms with E-state index in [1.165, 1.54) is 23.1 Å². The summed E-state index contributed by atoms with van der Waals surface area (Å²) in [7, 11) is 0. The van der Waals surface area contributed by atoms with E-state index in [0.29, 0.717) is 4.88 Å². The van der Waals surface area contributed by atoms with Crippen LogP contribution in [0.3, 0.4) is 0 Å². The number of halogens is 1. The van der Waals surface area contributed by atoms with Crippen LogP contribution < -0.4 is 10.9 Å². The van der Waals surface area contributed by atoms with Crippen molar-refractivity contribution in [3.63, 3.8) is 0 Å². The van der Waals surface area contributed by atoms with E-state index in [4.69, 9.17) is 4.74 Å². The fraction of sp³-hybridized carbons (Fsp3) is 0.235. The highest BCUT2D eigenvalue weighted by molar-refractivity contribution is 9.10. The lowest BCUT2D eigenvalue weighted by molar-refractivity contribution is -0.146. The number of ether oxygens (including phenoxy) is 1. The third kappa shape index (κ3) is 6.15. The Morgan fingerprint density at radius 3 is 2.65 bits per heavy atom. The molecule has 6 nitrogen and oxygen atoms in total. The van der Waals surface area contributed by atoms with Crippen molar-refractivity contribution in [2.75, 3.05) is 12.4 Å². The maximum Gasteiger partial charge on any atom is 0.316 e. The van der Waals surface area contributed by atoms with Crippen LogP contribution in [-0.2, 0) is 14.3 Å². The number of carbonyl (C=O) groups is 3. The van der Waals surface area contributed by atoms with Crippen LogP contribution in [0.1, 0.15) is 20.8 Å². The average Bonchev–Trinajstić information content (AvgIpc) is 3.14. The SMILES string of the molecule is Cc1cc(SCC(=O)OCC(=O)NNC(=O)c2cccs2)c(C)cc1Br. The monoisotopic (exact) mass is 456 g/mol. The second-order valence-corrected chi connectivity index (χ2v) is 8.12. The van der Waals surface area contributed by atoms with Crippen molar-refractivity contribution in [3.05, 3.63) is 50.1 Å². The molecule has 0 fully saturated rings. The lowest BCUT2D eigenvalue weighted by Crippen LogP contribution is -2.43. The van der Waals surface area contributed by atoms with Crippen molar-refractivity contribution in [1.29, 1.82) is 0 Å². The van der Waals surface area contributed by atoms with Gasteiger partial charge in [-0.1, -0.05) is 22.0 Å². The van der Waals surface area contributed by atoms with Crippen molar-refractivity contribution in [2.24, 2.45) is 0 Å². The third-order valence-electron chi connectivity index (χ3n) is 3.23. The topological polar surface area (TPSA) is 84.5 Å². The largest absolute Gasteiger partial charge is 0.455 e. The lowest BCUT2D eigenvalue weighted by atomic mass is 10.2. The summed E-state index contributed by atoms with van der Waals surface area (Å²) in [5.74, 6) is -1.44. The Morgan fingerprint density at radius 1 is 1.19 bits per heavy atom. The van der Waals surface area contributed by atoms with E-state index < -0.39 is 24.4 Å². The highest BCUT2D eigenvalue weighted by Gasteiger charge is 2.12. The number of hydrogen-bond donors (Lipinski definition) is 2. The maximum atomic E-state index is 11.8. The number of amides is 2. The average molecular weight is 457 g/mol. The molecule has 0 aliphatic rings. The van der Waals surface area contributed by atoms with E-state index in [9.17, 15) is 14.4 Å². The van der Waals surface area contributed by atoms with Crippen molar-refractivity contribution in [2.45, 2.75) is 18.7 Å². The minimum atomic E-state index is -0.607. The fourth-order valence-corrected chi connectivity index (χ4v) is 3.85. The molecule has 0 saturated carbocycles. The molecule has 26 heavy (non-hydrogen) atoms. The molecule has 0 aliphatic carbocycles. The predicted molar refractivity (Wildman–Crippen MR) is 105 cm³/mol. The summed E-state index contributed by atoms with van der Waals surface area (Å²) in [6.45, 7) is 3.48. The summed E-state index contributed by atoms with van der Waals surface area (Å²) in [6.07, 6.45) is 0. The van der Waals surface area contributed by atoms with E-state index in [0.717, 1.165) is 20.5 Å². The summed E-state index contributed by atoms with van der Waals surface area (Å²) in [4.78, 5) is 36.5. The van der Waals surface area contributed by atoms with Gasteiger partial charge in [0.15, 0.2) is 6.61 Å². The standard InChI is InChI=1S/C17H17BrN2O4S2/c1-10-7-14(11(2)6-12(10)18)26-9-16(22)24-8-15(21)19-20-17(23)13-4-3-5-25-13/h3-7H,8-9H2,1-2H3,(H,19,21)(H,20,23). The van der Waals surface area contributed by atoms with Crippen LogP contribution in [0.2, 0.25) is 0 Å². The van der Waals surface area contributed by atoms with Crippen LogP contribution in [0.4, 0.5) is 0 Å². The quantitative estimate of drug-likeness (QED) is 0.395. The minimum Gasteiger partial charge on any atom is -0.455 e. The van der Waals surface area contributed by atoms with Gasteiger partial charge in [0.2, 0.25) is 0 Å². The Labute approximate surface area is 167 Å². The highest BCUT2D eigenvalue weighted by Crippen LogP contribution is 2.28. The molecule has 0 unspecified atom stereocenters. The number of thiophene rings is 1. The van der Waals surface area contributed by atoms with Gasteiger partial charge in [0.05, 0.1) is 10.6 Å². The van der Waals surface area contributed by atoms with E-state index >= 15 is 0 Å². The Hall–Kier alpha value is -1.84. The first-order chi connectivity index (χ1) is 12.4. The summed E-state index contributed by atoms with van der Waals surface area (Å²) in [5, 5.41) is 1.75. The molecule has 138 valence electrons. The molecule has 1 heterocycles. The maximum absolute atomic E-state index is 11.8. The molecule has 1 aromatic heterocycles. The van der Waals surface area contributed by atoms with Crippen molar-refractivity contribution < 1.29 is 19.1 Å². The van der Waals surface area contributed by atoms with E-state index in [-0.39, 0.29) is 5.75 Å². The van der Waals surface area contributed by atoms with Crippen molar-refractivity contribution in [3.8, 4) is 0 Å². The minimum absolute atomic E-state index is 0.0940. The molecular weight excluding hydrogens is 440 g/mol. The number of nitrogens with one attached hydrogen (secondary N) is 2. The number of thioether (sulfide) groups is 1. The van der Waals surface area contributed by atoms with Gasteiger partial charge >= 0.3 is 5.97 Å². The van der Waals surface area contributed by atoms with Gasteiger partial charge in [-0.15, -0.1) is 23.1 Å². The lowest BCUT2D eigenvalue weighted by Gasteiger charge is -2.09. The smallest absolute Gasteiger partial charge is 0.316 e. The normalized spacial score (nSPS) is 10.3. The van der Waals surface area contributed by atoms with Gasteiger partial charge in [-0.2, -0.15) is 0 Å². The van der Waals surface area contributed by atoms with Gasteiger partial charge in [0.1, 0.15) is 0 Å². The van der Waals surface area contributed by atoms with E-state index in [2.05, 4.69) is 26.8 Å². The molecule has 0 radical (unpaired) electrons. The summed E-state index contributed by atoms with van der Waals surface area (Å²) in [6, 6.07) is 7.35. The molecule has 0 saturated heterocycles. The molecule has 2 aromatic rings. The molecule has 2 N–H and O–H groups in total. The number of benzene rings is 1. The Kier molecular flexibility index (Phi) is 7.67. The summed E-state index contributed by atoms with van der Waals surface area (Å²) in [5.41, 5.74) is 6.58. The Morgan fingerprint density at radius 2 is 1.96 bits per heavy atom. The molecule has 0 aliphatic heterocycles. The van der Waals surface area contributed by atoms with Crippen LogP contribution in [-0.4, -0.2) is 30.1 Å². The van der Waals surface area contributed by atoms with Crippen LogP contribution in [0.25, 0.3) is 0 Å². The Bertz CT molecular complexity index is 809. The van der Waals surface area contributed by atoms with Crippen LogP contribution in [0, 0.1) is 13.8 Å². The van der Waals surface area contributed by atoms with Crippen LogP contribution in [0.5, 0.6) is 0 Å². The number of aryl methyl sites for hydroxylation is 2. The molecule has 2 rings (SSSR count). The fourth-order valence-electron chi connectivity index (χ4n) is 1.87. The first-order valence-electron chi connectivity index (χ1n) is 7.54. The van der Waals surface area contributed by atoms with Crippen LogP contribution in [0.15, 0.2) is 39.0 Å². The second kappa shape index (κ2) is 9.75. The van der Waals surface area contributed by atoms with Gasteiger partial charge < -0.3 is 4.74 Å². The highest BCUT2D eigenvalue weighted by atomic mass is 79.9. The number of carbonyl (C=O) groups excluding carboxylic acids is 3. The molecule has 0 bridgehead atoms. The third-order valence-corrected chi connectivity index (χ3v) is 6.08. The zero-order chi connectivity index (χ0) is 19.1. The zero-order valence-corrected chi connectivity index (χ0v) is 17.3. The second-order valence-electron chi connectivity index (χ2n) is 5.30. The summed E-state index contributed by atoms with van der Waals surface area (Å²) < 4.78 is 5.93. The van der Waals surface area contributed by atoms with E-state index in [1.54, 1.807) is 17.5 Å². The molecule has 0 spiro atoms. The number of rotatable bonds is 6. The molecular formula is C17H17BrN2O4S2. The van der Waals surface area contributed by atoms with Gasteiger partial charge in [-0.25, -0.2) is 0 Å². The predicted octanol–water partition coefficient (Wildman–Crippen LogP) is 3.22. The van der Waals surface area contributed by atoms with Gasteiger partial charge in [-0.3, -0.25) is 25.2 Å². The summed E-state index contributed by atoms with van der Waals surface area (Å²) >= 11 is 6.07. The van der Waals surface area contributed by atoms with Gasteiger partial charge in [-0.05, 0) is 48.6 Å². The van der Waals surface area contributed by atoms with Crippen LogP contribution >= 0.6 is 39.0 Å². The molecule has 2 amide bonds. The number of hydrogen-bond acceptors (Lipinski definition) is 6. The van der Waals surface area contributed by atoms with Gasteiger partial charge in [0, 0.05) is 9.37 Å². The van der Waals surface area contributed by atoms with Crippen molar-refractivity contribution >= 4 is 56.8 Å². The van der Waals surface area contributed by atoms with Gasteiger partial charge in [0.25, 0.3) is 11.8 Å². The first kappa shape index (κ1) is 20.5.